The fraction of sp³-hybridized carbons (Fsp3) is 0. The molecule has 0 atom stereocenters. The molecule has 0 bridgehead atoms. The van der Waals surface area contributed by atoms with E-state index in [1.165, 1.54) is 5.56 Å². The van der Waals surface area contributed by atoms with Crippen molar-refractivity contribution in [1.82, 2.24) is 4.57 Å². The molecular formula is C48H28N2O3. The Morgan fingerprint density at radius 1 is 0.358 bits per heavy atom. The van der Waals surface area contributed by atoms with Gasteiger partial charge in [-0.15, -0.1) is 0 Å². The molecule has 5 heteroatoms. The van der Waals surface area contributed by atoms with E-state index in [1.807, 2.05) is 36.4 Å². The Labute approximate surface area is 304 Å². The number of ether oxygens (including phenoxy) is 2. The number of nitrogens with zero attached hydrogens (tertiary/aromatic N) is 2. The Hall–Kier alpha value is -7.24. The number of aromatic nitrogens is 1. The van der Waals surface area contributed by atoms with Crippen LogP contribution in [0.2, 0.25) is 0 Å². The number of rotatable bonds is 5. The third kappa shape index (κ3) is 4.13. The van der Waals surface area contributed by atoms with Gasteiger partial charge in [0.1, 0.15) is 16.9 Å². The molecule has 0 radical (unpaired) electrons. The Morgan fingerprint density at radius 2 is 1.00 bits per heavy atom. The minimum atomic E-state index is 0.798. The van der Waals surface area contributed by atoms with Gasteiger partial charge in [-0.2, -0.15) is 0 Å². The largest absolute Gasteiger partial charge is 0.456 e. The van der Waals surface area contributed by atoms with E-state index in [-0.39, 0.29) is 0 Å². The maximum Gasteiger partial charge on any atom is 0.155 e. The number of hydrogen-bond donors (Lipinski definition) is 0. The van der Waals surface area contributed by atoms with Crippen LogP contribution in [0, 0.1) is 0 Å². The van der Waals surface area contributed by atoms with Crippen LogP contribution in [0.15, 0.2) is 174 Å². The first-order valence-electron chi connectivity index (χ1n) is 17.8. The van der Waals surface area contributed by atoms with E-state index < -0.39 is 0 Å². The predicted octanol–water partition coefficient (Wildman–Crippen LogP) is 13.7. The van der Waals surface area contributed by atoms with Gasteiger partial charge in [0.05, 0.1) is 11.0 Å². The van der Waals surface area contributed by atoms with Crippen LogP contribution in [0.25, 0.3) is 71.7 Å². The molecule has 0 saturated heterocycles. The molecule has 12 rings (SSSR count). The fourth-order valence-corrected chi connectivity index (χ4v) is 8.36. The summed E-state index contributed by atoms with van der Waals surface area (Å²) in [6.07, 6.45) is 0. The van der Waals surface area contributed by atoms with E-state index in [0.717, 1.165) is 106 Å². The first kappa shape index (κ1) is 28.5. The quantitative estimate of drug-likeness (QED) is 0.181. The minimum Gasteiger partial charge on any atom is -0.456 e. The second-order valence-electron chi connectivity index (χ2n) is 13.7. The smallest absolute Gasteiger partial charge is 0.155 e. The highest BCUT2D eigenvalue weighted by molar-refractivity contribution is 6.16. The Bertz CT molecular complexity index is 3120. The fourth-order valence-electron chi connectivity index (χ4n) is 8.36. The van der Waals surface area contributed by atoms with Gasteiger partial charge in [-0.05, 0) is 101 Å². The van der Waals surface area contributed by atoms with Gasteiger partial charge < -0.3 is 18.8 Å². The van der Waals surface area contributed by atoms with Gasteiger partial charge in [0.25, 0.3) is 0 Å². The van der Waals surface area contributed by atoms with Crippen LogP contribution in [0.1, 0.15) is 0 Å². The molecular weight excluding hydrogens is 653 g/mol. The van der Waals surface area contributed by atoms with Crippen molar-refractivity contribution in [3.05, 3.63) is 170 Å². The van der Waals surface area contributed by atoms with Crippen molar-refractivity contribution in [2.75, 3.05) is 4.90 Å². The van der Waals surface area contributed by atoms with E-state index in [4.69, 9.17) is 13.9 Å². The second kappa shape index (κ2) is 10.6. The normalized spacial score (nSPS) is 12.5. The van der Waals surface area contributed by atoms with Crippen molar-refractivity contribution in [3.63, 3.8) is 0 Å². The summed E-state index contributed by atoms with van der Waals surface area (Å²) in [7, 11) is 0. The molecule has 0 amide bonds. The summed E-state index contributed by atoms with van der Waals surface area (Å²) >= 11 is 0. The van der Waals surface area contributed by atoms with E-state index in [2.05, 4.69) is 143 Å². The Balaban J connectivity index is 1.01. The molecule has 2 aromatic heterocycles. The molecule has 8 aromatic carbocycles. The zero-order valence-corrected chi connectivity index (χ0v) is 28.3. The van der Waals surface area contributed by atoms with Crippen LogP contribution < -0.4 is 14.4 Å². The lowest BCUT2D eigenvalue weighted by Gasteiger charge is -2.27. The highest BCUT2D eigenvalue weighted by Crippen LogP contribution is 2.54. The molecule has 4 heterocycles. The second-order valence-corrected chi connectivity index (χ2v) is 13.7. The molecule has 0 aliphatic carbocycles. The number of furan rings is 1. The van der Waals surface area contributed by atoms with Gasteiger partial charge in [-0.3, -0.25) is 4.57 Å². The maximum atomic E-state index is 6.62. The number of benzene rings is 8. The SMILES string of the molecule is c1ccc(-c2cccc(N(c3ccc(-c4cc5c6c(c4)c4cccc7c4n6-c4c(cccc4O5)O7)cc3)c3ccc4oc5ccccc5c4c3)c2)cc1. The van der Waals surface area contributed by atoms with E-state index in [9.17, 15) is 0 Å². The minimum absolute atomic E-state index is 0.798. The van der Waals surface area contributed by atoms with Gasteiger partial charge in [-0.1, -0.05) is 91.0 Å². The molecule has 53 heavy (non-hydrogen) atoms. The number of hydrogen-bond acceptors (Lipinski definition) is 4. The van der Waals surface area contributed by atoms with Crippen molar-refractivity contribution in [3.8, 4) is 50.9 Å². The summed E-state index contributed by atoms with van der Waals surface area (Å²) < 4.78 is 21.5. The molecule has 248 valence electrons. The van der Waals surface area contributed by atoms with Crippen molar-refractivity contribution in [2.45, 2.75) is 0 Å². The first-order chi connectivity index (χ1) is 26.2. The summed E-state index contributed by atoms with van der Waals surface area (Å²) in [6.45, 7) is 0. The summed E-state index contributed by atoms with van der Waals surface area (Å²) in [5, 5.41) is 4.49. The summed E-state index contributed by atoms with van der Waals surface area (Å²) in [5.41, 5.74) is 12.6. The van der Waals surface area contributed by atoms with Gasteiger partial charge >= 0.3 is 0 Å². The molecule has 0 spiro atoms. The number of anilines is 3. The van der Waals surface area contributed by atoms with Crippen LogP contribution >= 0.6 is 0 Å². The van der Waals surface area contributed by atoms with E-state index in [0.29, 0.717) is 0 Å². The summed E-state index contributed by atoms with van der Waals surface area (Å²) in [6, 6.07) is 59.6. The van der Waals surface area contributed by atoms with Crippen LogP contribution in [-0.2, 0) is 0 Å². The Kier molecular flexibility index (Phi) is 5.71. The van der Waals surface area contributed by atoms with Gasteiger partial charge in [0.2, 0.25) is 0 Å². The average Bonchev–Trinajstić information content (AvgIpc) is 3.76. The number of para-hydroxylation sites is 3. The van der Waals surface area contributed by atoms with Crippen LogP contribution in [-0.4, -0.2) is 4.57 Å². The monoisotopic (exact) mass is 680 g/mol. The lowest BCUT2D eigenvalue weighted by molar-refractivity contribution is 0.444. The van der Waals surface area contributed by atoms with E-state index in [1.54, 1.807) is 0 Å². The molecule has 2 aliphatic heterocycles. The first-order valence-corrected chi connectivity index (χ1v) is 17.8. The predicted molar refractivity (Wildman–Crippen MR) is 214 cm³/mol. The molecule has 0 N–H and O–H groups in total. The summed E-state index contributed by atoms with van der Waals surface area (Å²) in [4.78, 5) is 2.33. The lowest BCUT2D eigenvalue weighted by Crippen LogP contribution is -2.10. The third-order valence-corrected chi connectivity index (χ3v) is 10.7. The van der Waals surface area contributed by atoms with Gasteiger partial charge in [0, 0.05) is 38.6 Å². The molecule has 0 unspecified atom stereocenters. The molecule has 10 aromatic rings. The summed E-state index contributed by atoms with van der Waals surface area (Å²) in [5.74, 6) is 3.31. The highest BCUT2D eigenvalue weighted by atomic mass is 16.5. The number of fused-ring (bicyclic) bond motifs is 4. The van der Waals surface area contributed by atoms with Crippen LogP contribution in [0.4, 0.5) is 17.1 Å². The Morgan fingerprint density at radius 3 is 1.89 bits per heavy atom. The zero-order valence-electron chi connectivity index (χ0n) is 28.3. The van der Waals surface area contributed by atoms with Crippen LogP contribution in [0.5, 0.6) is 23.0 Å². The third-order valence-electron chi connectivity index (χ3n) is 10.7. The molecule has 0 saturated carbocycles. The van der Waals surface area contributed by atoms with Crippen molar-refractivity contribution in [1.29, 1.82) is 0 Å². The zero-order chi connectivity index (χ0) is 34.6. The lowest BCUT2D eigenvalue weighted by atomic mass is 10.0. The van der Waals surface area contributed by atoms with Gasteiger partial charge in [-0.25, -0.2) is 0 Å². The standard InChI is InChI=1S/C48H28N2O3/c1-2-9-29(10-3-1)31-11-6-12-34(25-31)49(35-23-24-41-38(28-35)36-13-4-5-15-40(36)51-41)33-21-19-30(20-22-33)32-26-39-37-14-7-16-42-46(37)50-47(39)45(27-32)53-44-18-8-17-43(52-42)48(44)50/h1-28H. The van der Waals surface area contributed by atoms with Crippen molar-refractivity contribution >= 4 is 60.8 Å². The van der Waals surface area contributed by atoms with Crippen molar-refractivity contribution < 1.29 is 13.9 Å². The molecule has 5 nitrogen and oxygen atoms in total. The molecule has 2 aliphatic rings. The van der Waals surface area contributed by atoms with Gasteiger partial charge in [0.15, 0.2) is 23.0 Å². The maximum absolute atomic E-state index is 6.62. The van der Waals surface area contributed by atoms with Crippen LogP contribution in [0.3, 0.4) is 0 Å². The highest BCUT2D eigenvalue weighted by Gasteiger charge is 2.32. The topological polar surface area (TPSA) is 39.8 Å². The van der Waals surface area contributed by atoms with E-state index >= 15 is 0 Å². The average molecular weight is 681 g/mol. The molecule has 0 fully saturated rings. The van der Waals surface area contributed by atoms with Crippen molar-refractivity contribution in [2.24, 2.45) is 0 Å².